The van der Waals surface area contributed by atoms with Crippen molar-refractivity contribution in [2.75, 3.05) is 0 Å². The number of hydrogen-bond acceptors (Lipinski definition) is 4. The van der Waals surface area contributed by atoms with E-state index in [9.17, 15) is 13.2 Å². The van der Waals surface area contributed by atoms with E-state index in [1.807, 2.05) is 19.9 Å². The highest BCUT2D eigenvalue weighted by molar-refractivity contribution is 7.89. The summed E-state index contributed by atoms with van der Waals surface area (Å²) in [6, 6.07) is 7.69. The Morgan fingerprint density at radius 1 is 1.15 bits per heavy atom. The Bertz CT molecular complexity index is 865. The van der Waals surface area contributed by atoms with Gasteiger partial charge in [-0.25, -0.2) is 8.42 Å². The molecule has 1 amide bonds. The van der Waals surface area contributed by atoms with Gasteiger partial charge in [0, 0.05) is 18.9 Å². The summed E-state index contributed by atoms with van der Waals surface area (Å²) in [5.74, 6) is -0.568. The van der Waals surface area contributed by atoms with Gasteiger partial charge in [-0.15, -0.1) is 0 Å². The summed E-state index contributed by atoms with van der Waals surface area (Å²) in [6.07, 6.45) is 3.31. The molecule has 0 fully saturated rings. The Morgan fingerprint density at radius 3 is 2.46 bits per heavy atom. The van der Waals surface area contributed by atoms with Crippen LogP contribution in [-0.4, -0.2) is 25.4 Å². The molecule has 0 aliphatic rings. The predicted octanol–water partition coefficient (Wildman–Crippen LogP) is 2.32. The van der Waals surface area contributed by atoms with E-state index in [-0.39, 0.29) is 16.7 Å². The van der Waals surface area contributed by atoms with Gasteiger partial charge < -0.3 is 5.32 Å². The summed E-state index contributed by atoms with van der Waals surface area (Å²) in [7, 11) is -3.79. The smallest absolute Gasteiger partial charge is 0.241 e. The number of rotatable bonds is 7. The van der Waals surface area contributed by atoms with E-state index in [0.29, 0.717) is 6.54 Å². The van der Waals surface area contributed by atoms with Gasteiger partial charge in [-0.1, -0.05) is 26.0 Å². The number of amides is 1. The second-order valence-corrected chi connectivity index (χ2v) is 8.38. The van der Waals surface area contributed by atoms with Crippen molar-refractivity contribution in [2.45, 2.75) is 45.2 Å². The van der Waals surface area contributed by atoms with E-state index >= 15 is 0 Å². The molecule has 2 aromatic rings. The SMILES string of the molecule is Cc1ccc(S(=O)(=O)N[C@H](C(=O)NCc2cccnc2)C(C)C)cc1C. The van der Waals surface area contributed by atoms with Crippen molar-refractivity contribution in [2.24, 2.45) is 5.92 Å². The van der Waals surface area contributed by atoms with Crippen LogP contribution in [0.3, 0.4) is 0 Å². The van der Waals surface area contributed by atoms with Gasteiger partial charge in [0.2, 0.25) is 15.9 Å². The van der Waals surface area contributed by atoms with Gasteiger partial charge in [0.05, 0.1) is 4.90 Å². The van der Waals surface area contributed by atoms with E-state index in [0.717, 1.165) is 16.7 Å². The zero-order valence-electron chi connectivity index (χ0n) is 15.5. The zero-order chi connectivity index (χ0) is 19.3. The van der Waals surface area contributed by atoms with Crippen LogP contribution in [0.4, 0.5) is 0 Å². The maximum Gasteiger partial charge on any atom is 0.241 e. The molecule has 1 aromatic carbocycles. The number of benzene rings is 1. The Morgan fingerprint density at radius 2 is 1.88 bits per heavy atom. The van der Waals surface area contributed by atoms with Crippen molar-refractivity contribution in [1.29, 1.82) is 0 Å². The number of nitrogens with zero attached hydrogens (tertiary/aromatic N) is 1. The van der Waals surface area contributed by atoms with E-state index in [2.05, 4.69) is 15.0 Å². The van der Waals surface area contributed by atoms with E-state index in [1.54, 1.807) is 50.5 Å². The fourth-order valence-electron chi connectivity index (χ4n) is 2.41. The Balaban J connectivity index is 2.13. The quantitative estimate of drug-likeness (QED) is 0.777. The number of aryl methyl sites for hydroxylation is 2. The summed E-state index contributed by atoms with van der Waals surface area (Å²) in [6.45, 7) is 7.67. The molecule has 2 rings (SSSR count). The highest BCUT2D eigenvalue weighted by atomic mass is 32.2. The van der Waals surface area contributed by atoms with E-state index in [1.165, 1.54) is 0 Å². The first-order chi connectivity index (χ1) is 12.2. The molecule has 1 heterocycles. The van der Waals surface area contributed by atoms with Crippen molar-refractivity contribution in [3.8, 4) is 0 Å². The van der Waals surface area contributed by atoms with Gasteiger partial charge in [0.15, 0.2) is 0 Å². The molecule has 26 heavy (non-hydrogen) atoms. The zero-order valence-corrected chi connectivity index (χ0v) is 16.3. The summed E-state index contributed by atoms with van der Waals surface area (Å²) in [5, 5.41) is 2.77. The predicted molar refractivity (Wildman–Crippen MR) is 101 cm³/mol. The molecule has 0 spiro atoms. The number of hydrogen-bond donors (Lipinski definition) is 2. The summed E-state index contributed by atoms with van der Waals surface area (Å²) in [5.41, 5.74) is 2.74. The molecule has 1 atom stereocenters. The Labute approximate surface area is 155 Å². The molecular weight excluding hydrogens is 350 g/mol. The standard InChI is InChI=1S/C19H25N3O3S/c1-13(2)18(19(23)21-12-16-6-5-9-20-11-16)22-26(24,25)17-8-7-14(3)15(4)10-17/h5-11,13,18,22H,12H2,1-4H3,(H,21,23)/t18-/m0/s1. The molecule has 140 valence electrons. The molecule has 0 bridgehead atoms. The topological polar surface area (TPSA) is 88.2 Å². The van der Waals surface area contributed by atoms with Crippen LogP contribution in [0.25, 0.3) is 0 Å². The van der Waals surface area contributed by atoms with Crippen LogP contribution in [0.15, 0.2) is 47.6 Å². The summed E-state index contributed by atoms with van der Waals surface area (Å²) >= 11 is 0. The van der Waals surface area contributed by atoms with Crippen molar-refractivity contribution in [3.05, 3.63) is 59.4 Å². The van der Waals surface area contributed by atoms with Crippen LogP contribution < -0.4 is 10.0 Å². The van der Waals surface area contributed by atoms with Gasteiger partial charge in [-0.2, -0.15) is 4.72 Å². The summed E-state index contributed by atoms with van der Waals surface area (Å²) in [4.78, 5) is 16.7. The number of carbonyl (C=O) groups excluding carboxylic acids is 1. The molecule has 0 unspecified atom stereocenters. The van der Waals surface area contributed by atoms with Crippen molar-refractivity contribution >= 4 is 15.9 Å². The van der Waals surface area contributed by atoms with E-state index in [4.69, 9.17) is 0 Å². The van der Waals surface area contributed by atoms with Crippen LogP contribution >= 0.6 is 0 Å². The molecular formula is C19H25N3O3S. The first-order valence-corrected chi connectivity index (χ1v) is 9.95. The van der Waals surface area contributed by atoms with Crippen LogP contribution in [0.5, 0.6) is 0 Å². The normalized spacial score (nSPS) is 12.8. The maximum atomic E-state index is 12.7. The van der Waals surface area contributed by atoms with E-state index < -0.39 is 16.1 Å². The second kappa shape index (κ2) is 8.42. The first kappa shape index (κ1) is 20.1. The molecule has 7 heteroatoms. The molecule has 0 saturated heterocycles. The monoisotopic (exact) mass is 375 g/mol. The van der Waals surface area contributed by atoms with Gasteiger partial charge in [-0.3, -0.25) is 9.78 Å². The minimum Gasteiger partial charge on any atom is -0.351 e. The van der Waals surface area contributed by atoms with Crippen molar-refractivity contribution < 1.29 is 13.2 Å². The van der Waals surface area contributed by atoms with Crippen LogP contribution in [-0.2, 0) is 21.4 Å². The lowest BCUT2D eigenvalue weighted by molar-refractivity contribution is -0.123. The molecule has 0 aliphatic heterocycles. The van der Waals surface area contributed by atoms with Gasteiger partial charge >= 0.3 is 0 Å². The first-order valence-electron chi connectivity index (χ1n) is 8.47. The van der Waals surface area contributed by atoms with Crippen LogP contribution in [0.2, 0.25) is 0 Å². The number of sulfonamides is 1. The van der Waals surface area contributed by atoms with Gasteiger partial charge in [0.25, 0.3) is 0 Å². The maximum absolute atomic E-state index is 12.7. The fraction of sp³-hybridized carbons (Fsp3) is 0.368. The summed E-state index contributed by atoms with van der Waals surface area (Å²) < 4.78 is 27.9. The molecule has 6 nitrogen and oxygen atoms in total. The molecule has 0 saturated carbocycles. The third-order valence-corrected chi connectivity index (χ3v) is 5.65. The van der Waals surface area contributed by atoms with Crippen LogP contribution in [0.1, 0.15) is 30.5 Å². The van der Waals surface area contributed by atoms with Crippen LogP contribution in [0, 0.1) is 19.8 Å². The Kier molecular flexibility index (Phi) is 6.50. The molecule has 2 N–H and O–H groups in total. The number of pyridine rings is 1. The number of aromatic nitrogens is 1. The lowest BCUT2D eigenvalue weighted by Crippen LogP contribution is -2.49. The highest BCUT2D eigenvalue weighted by Crippen LogP contribution is 2.16. The van der Waals surface area contributed by atoms with Gasteiger partial charge in [-0.05, 0) is 54.7 Å². The minimum atomic E-state index is -3.79. The lowest BCUT2D eigenvalue weighted by Gasteiger charge is -2.22. The van der Waals surface area contributed by atoms with Crippen molar-refractivity contribution in [3.63, 3.8) is 0 Å². The minimum absolute atomic E-state index is 0.159. The number of nitrogens with one attached hydrogen (secondary N) is 2. The molecule has 1 aromatic heterocycles. The van der Waals surface area contributed by atoms with Crippen molar-refractivity contribution in [1.82, 2.24) is 15.0 Å². The molecule has 0 aliphatic carbocycles. The highest BCUT2D eigenvalue weighted by Gasteiger charge is 2.28. The lowest BCUT2D eigenvalue weighted by atomic mass is 10.0. The largest absolute Gasteiger partial charge is 0.351 e. The average molecular weight is 375 g/mol. The third kappa shape index (κ3) is 5.12. The Hall–Kier alpha value is -2.25. The average Bonchev–Trinajstić information content (AvgIpc) is 2.60. The number of carbonyl (C=O) groups is 1. The second-order valence-electron chi connectivity index (χ2n) is 6.67. The third-order valence-electron chi connectivity index (χ3n) is 4.21. The fourth-order valence-corrected chi connectivity index (χ4v) is 3.84. The van der Waals surface area contributed by atoms with Gasteiger partial charge in [0.1, 0.15) is 6.04 Å². The molecule has 0 radical (unpaired) electrons.